The lowest BCUT2D eigenvalue weighted by molar-refractivity contribution is -0.150. The van der Waals surface area contributed by atoms with E-state index in [1.165, 1.54) is 13.0 Å². The van der Waals surface area contributed by atoms with Gasteiger partial charge >= 0.3 is 12.1 Å². The van der Waals surface area contributed by atoms with Gasteiger partial charge in [-0.25, -0.2) is 4.79 Å². The normalized spacial score (nSPS) is 12.6. The molecule has 1 heterocycles. The van der Waals surface area contributed by atoms with Gasteiger partial charge in [-0.1, -0.05) is 35.3 Å². The zero-order valence-electron chi connectivity index (χ0n) is 13.7. The Morgan fingerprint density at radius 1 is 1.27 bits per heavy atom. The van der Waals surface area contributed by atoms with Crippen molar-refractivity contribution in [3.63, 3.8) is 0 Å². The van der Waals surface area contributed by atoms with Crippen LogP contribution in [0.4, 0.5) is 13.2 Å². The van der Waals surface area contributed by atoms with Gasteiger partial charge in [-0.05, 0) is 26.0 Å². The minimum atomic E-state index is -4.66. The first-order valence-electron chi connectivity index (χ1n) is 7.50. The number of aromatic nitrogens is 1. The molecular weight excluding hydrogens is 394 g/mol. The SMILES string of the molecule is CCOC(=O)C(C)Oc1cccc(-c2ncc(C(F)(F)F)c(Cl)c2Cl)c1. The zero-order chi connectivity index (χ0) is 19.5. The largest absolute Gasteiger partial charge is 0.479 e. The summed E-state index contributed by atoms with van der Waals surface area (Å²) in [4.78, 5) is 15.4. The van der Waals surface area contributed by atoms with Crippen molar-refractivity contribution in [1.82, 2.24) is 4.98 Å². The zero-order valence-corrected chi connectivity index (χ0v) is 15.2. The van der Waals surface area contributed by atoms with Crippen molar-refractivity contribution in [3.8, 4) is 17.0 Å². The number of nitrogens with zero attached hydrogens (tertiary/aromatic N) is 1. The summed E-state index contributed by atoms with van der Waals surface area (Å²) < 4.78 is 48.9. The number of carbonyl (C=O) groups excluding carboxylic acids is 1. The fourth-order valence-electron chi connectivity index (χ4n) is 2.09. The Kier molecular flexibility index (Phi) is 6.36. The van der Waals surface area contributed by atoms with E-state index in [0.717, 1.165) is 0 Å². The van der Waals surface area contributed by atoms with Gasteiger partial charge in [0.05, 0.1) is 27.9 Å². The standard InChI is InChI=1S/C17H14Cl2F3NO3/c1-3-25-16(24)9(2)26-11-6-4-5-10(7-11)15-14(19)13(18)12(8-23-15)17(20,21)22/h4-9H,3H2,1-2H3. The maximum absolute atomic E-state index is 12.9. The minimum absolute atomic E-state index is 0.0684. The lowest BCUT2D eigenvalue weighted by atomic mass is 10.1. The summed E-state index contributed by atoms with van der Waals surface area (Å²) in [5, 5.41) is -0.951. The van der Waals surface area contributed by atoms with Gasteiger partial charge in [0.25, 0.3) is 0 Å². The van der Waals surface area contributed by atoms with Crippen LogP contribution in [0.3, 0.4) is 0 Å². The second kappa shape index (κ2) is 8.14. The number of rotatable bonds is 5. The summed E-state index contributed by atoms with van der Waals surface area (Å²) >= 11 is 11.7. The smallest absolute Gasteiger partial charge is 0.419 e. The molecule has 9 heteroatoms. The van der Waals surface area contributed by atoms with E-state index in [1.54, 1.807) is 25.1 Å². The highest BCUT2D eigenvalue weighted by Crippen LogP contribution is 2.41. The third-order valence-corrected chi connectivity index (χ3v) is 4.16. The van der Waals surface area contributed by atoms with Crippen LogP contribution >= 0.6 is 23.2 Å². The fourth-order valence-corrected chi connectivity index (χ4v) is 2.60. The van der Waals surface area contributed by atoms with Gasteiger partial charge in [0.2, 0.25) is 0 Å². The Morgan fingerprint density at radius 3 is 2.58 bits per heavy atom. The van der Waals surface area contributed by atoms with Gasteiger partial charge in [-0.2, -0.15) is 13.2 Å². The number of hydrogen-bond donors (Lipinski definition) is 0. The molecular formula is C17H14Cl2F3NO3. The Hall–Kier alpha value is -1.99. The molecule has 0 aliphatic rings. The van der Waals surface area contributed by atoms with E-state index in [-0.39, 0.29) is 17.3 Å². The van der Waals surface area contributed by atoms with E-state index in [9.17, 15) is 18.0 Å². The molecule has 0 bridgehead atoms. The average Bonchev–Trinajstić information content (AvgIpc) is 2.56. The lowest BCUT2D eigenvalue weighted by Crippen LogP contribution is -2.26. The molecule has 2 rings (SSSR count). The maximum Gasteiger partial charge on any atom is 0.419 e. The van der Waals surface area contributed by atoms with Crippen LogP contribution in [-0.4, -0.2) is 23.7 Å². The van der Waals surface area contributed by atoms with Crippen molar-refractivity contribution in [2.24, 2.45) is 0 Å². The summed E-state index contributed by atoms with van der Waals surface area (Å²) in [5.74, 6) is -0.233. The molecule has 1 atom stereocenters. The molecule has 26 heavy (non-hydrogen) atoms. The van der Waals surface area contributed by atoms with E-state index >= 15 is 0 Å². The Balaban J connectivity index is 2.33. The molecule has 0 fully saturated rings. The first kappa shape index (κ1) is 20.3. The molecule has 140 valence electrons. The Labute approximate surface area is 157 Å². The molecule has 0 saturated heterocycles. The summed E-state index contributed by atoms with van der Waals surface area (Å²) in [7, 11) is 0. The lowest BCUT2D eigenvalue weighted by Gasteiger charge is -2.15. The van der Waals surface area contributed by atoms with Crippen molar-refractivity contribution in [3.05, 3.63) is 46.1 Å². The highest BCUT2D eigenvalue weighted by atomic mass is 35.5. The predicted octanol–water partition coefficient (Wildman–Crippen LogP) is 5.40. The second-order valence-corrected chi connectivity index (χ2v) is 5.94. The number of esters is 1. The number of pyridine rings is 1. The predicted molar refractivity (Wildman–Crippen MR) is 91.4 cm³/mol. The molecule has 0 saturated carbocycles. The van der Waals surface area contributed by atoms with Crippen molar-refractivity contribution in [2.75, 3.05) is 6.61 Å². The van der Waals surface area contributed by atoms with Gasteiger partial charge in [0.15, 0.2) is 6.10 Å². The van der Waals surface area contributed by atoms with Crippen LogP contribution in [0.2, 0.25) is 10.0 Å². The van der Waals surface area contributed by atoms with Crippen LogP contribution in [0.1, 0.15) is 19.4 Å². The second-order valence-electron chi connectivity index (χ2n) is 5.19. The summed E-state index contributed by atoms with van der Waals surface area (Å²) in [5.41, 5.74) is -0.658. The molecule has 0 N–H and O–H groups in total. The summed E-state index contributed by atoms with van der Waals surface area (Å²) in [6.45, 7) is 3.41. The number of carbonyl (C=O) groups is 1. The number of halogens is 5. The van der Waals surface area contributed by atoms with Gasteiger partial charge in [0.1, 0.15) is 5.75 Å². The molecule has 0 spiro atoms. The first-order chi connectivity index (χ1) is 12.1. The third kappa shape index (κ3) is 4.59. The molecule has 1 aromatic carbocycles. The number of alkyl halides is 3. The third-order valence-electron chi connectivity index (χ3n) is 3.30. The number of hydrogen-bond acceptors (Lipinski definition) is 4. The van der Waals surface area contributed by atoms with Crippen LogP contribution in [0, 0.1) is 0 Å². The maximum atomic E-state index is 12.9. The molecule has 4 nitrogen and oxygen atoms in total. The molecule has 0 radical (unpaired) electrons. The Bertz CT molecular complexity index is 812. The Morgan fingerprint density at radius 2 is 1.96 bits per heavy atom. The van der Waals surface area contributed by atoms with Crippen LogP contribution in [0.15, 0.2) is 30.5 Å². The minimum Gasteiger partial charge on any atom is -0.479 e. The quantitative estimate of drug-likeness (QED) is 0.622. The van der Waals surface area contributed by atoms with Gasteiger partial charge < -0.3 is 9.47 Å². The monoisotopic (exact) mass is 407 g/mol. The highest BCUT2D eigenvalue weighted by Gasteiger charge is 2.35. The van der Waals surface area contributed by atoms with Crippen molar-refractivity contribution in [1.29, 1.82) is 0 Å². The number of ether oxygens (including phenoxy) is 2. The van der Waals surface area contributed by atoms with Gasteiger partial charge in [-0.15, -0.1) is 0 Å². The molecule has 1 aromatic heterocycles. The fraction of sp³-hybridized carbons (Fsp3) is 0.294. The van der Waals surface area contributed by atoms with Crippen molar-refractivity contribution in [2.45, 2.75) is 26.1 Å². The van der Waals surface area contributed by atoms with Crippen LogP contribution in [0.25, 0.3) is 11.3 Å². The first-order valence-corrected chi connectivity index (χ1v) is 8.25. The van der Waals surface area contributed by atoms with Crippen molar-refractivity contribution < 1.29 is 27.4 Å². The van der Waals surface area contributed by atoms with E-state index in [2.05, 4.69) is 4.98 Å². The molecule has 0 aliphatic heterocycles. The van der Waals surface area contributed by atoms with Gasteiger partial charge in [-0.3, -0.25) is 4.98 Å². The van der Waals surface area contributed by atoms with Crippen LogP contribution in [-0.2, 0) is 15.7 Å². The highest BCUT2D eigenvalue weighted by molar-refractivity contribution is 6.44. The molecule has 0 amide bonds. The summed E-state index contributed by atoms with van der Waals surface area (Å²) in [6, 6.07) is 6.25. The average molecular weight is 408 g/mol. The topological polar surface area (TPSA) is 48.4 Å². The summed E-state index contributed by atoms with van der Waals surface area (Å²) in [6.07, 6.45) is -4.89. The van der Waals surface area contributed by atoms with Crippen LogP contribution < -0.4 is 4.74 Å². The molecule has 2 aromatic rings. The number of benzene rings is 1. The molecule has 1 unspecified atom stereocenters. The van der Waals surface area contributed by atoms with E-state index in [1.807, 2.05) is 0 Å². The van der Waals surface area contributed by atoms with E-state index in [0.29, 0.717) is 17.5 Å². The van der Waals surface area contributed by atoms with Gasteiger partial charge in [0, 0.05) is 11.8 Å². The van der Waals surface area contributed by atoms with E-state index < -0.39 is 28.8 Å². The molecule has 0 aliphatic carbocycles. The van der Waals surface area contributed by atoms with Crippen molar-refractivity contribution >= 4 is 29.2 Å². The van der Waals surface area contributed by atoms with E-state index in [4.69, 9.17) is 32.7 Å². The van der Waals surface area contributed by atoms with Crippen LogP contribution in [0.5, 0.6) is 5.75 Å².